The zero-order chi connectivity index (χ0) is 12.8. The van der Waals surface area contributed by atoms with E-state index < -0.39 is 0 Å². The second kappa shape index (κ2) is 6.56. The third-order valence-corrected chi connectivity index (χ3v) is 3.00. The number of anilines is 1. The molecule has 5 nitrogen and oxygen atoms in total. The highest BCUT2D eigenvalue weighted by Gasteiger charge is 2.11. The van der Waals surface area contributed by atoms with Gasteiger partial charge in [-0.3, -0.25) is 4.79 Å². The third kappa shape index (κ3) is 3.58. The molecule has 1 amide bonds. The van der Waals surface area contributed by atoms with Crippen molar-refractivity contribution in [1.29, 1.82) is 0 Å². The van der Waals surface area contributed by atoms with Crippen LogP contribution in [-0.4, -0.2) is 43.1 Å². The number of nitrogens with zero attached hydrogens (tertiary/aromatic N) is 2. The van der Waals surface area contributed by atoms with Crippen molar-refractivity contribution in [2.24, 2.45) is 0 Å². The summed E-state index contributed by atoms with van der Waals surface area (Å²) in [5.41, 5.74) is 0.963. The molecule has 0 aromatic carbocycles. The Balaban J connectivity index is 1.90. The van der Waals surface area contributed by atoms with Crippen molar-refractivity contribution in [3.05, 3.63) is 23.9 Å². The van der Waals surface area contributed by atoms with Gasteiger partial charge in [0.05, 0.1) is 13.2 Å². The van der Waals surface area contributed by atoms with E-state index in [4.69, 9.17) is 16.3 Å². The summed E-state index contributed by atoms with van der Waals surface area (Å²) >= 11 is 5.40. The van der Waals surface area contributed by atoms with Gasteiger partial charge in [0, 0.05) is 25.8 Å². The Morgan fingerprint density at radius 1 is 1.44 bits per heavy atom. The lowest BCUT2D eigenvalue weighted by molar-refractivity contribution is -0.118. The van der Waals surface area contributed by atoms with Crippen molar-refractivity contribution in [2.75, 3.05) is 37.1 Å². The van der Waals surface area contributed by atoms with E-state index in [1.165, 1.54) is 0 Å². The molecule has 2 heterocycles. The van der Waals surface area contributed by atoms with E-state index in [-0.39, 0.29) is 11.8 Å². The molecule has 1 aliphatic heterocycles. The molecule has 1 fully saturated rings. The quantitative estimate of drug-likeness (QED) is 0.821. The van der Waals surface area contributed by atoms with Gasteiger partial charge in [-0.05, 0) is 11.6 Å². The number of amides is 1. The SMILES string of the molecule is O=C(CCl)NCc1ccc(N2CCOCC2)nc1. The van der Waals surface area contributed by atoms with Crippen molar-refractivity contribution in [2.45, 2.75) is 6.54 Å². The number of carbonyl (C=O) groups is 1. The normalized spacial score (nSPS) is 15.5. The molecule has 0 saturated carbocycles. The molecular weight excluding hydrogens is 254 g/mol. The first-order valence-electron chi connectivity index (χ1n) is 5.90. The van der Waals surface area contributed by atoms with Gasteiger partial charge in [-0.25, -0.2) is 4.98 Å². The molecule has 0 radical (unpaired) electrons. The van der Waals surface area contributed by atoms with Gasteiger partial charge in [-0.15, -0.1) is 11.6 Å². The van der Waals surface area contributed by atoms with Crippen molar-refractivity contribution in [1.82, 2.24) is 10.3 Å². The molecule has 1 N–H and O–H groups in total. The summed E-state index contributed by atoms with van der Waals surface area (Å²) in [6.07, 6.45) is 1.78. The summed E-state index contributed by atoms with van der Waals surface area (Å²) in [5, 5.41) is 2.70. The Morgan fingerprint density at radius 3 is 2.83 bits per heavy atom. The molecule has 98 valence electrons. The fourth-order valence-corrected chi connectivity index (χ4v) is 1.84. The molecule has 1 aromatic rings. The number of halogens is 1. The Bertz CT molecular complexity index is 391. The fraction of sp³-hybridized carbons (Fsp3) is 0.500. The highest BCUT2D eigenvalue weighted by atomic mass is 35.5. The van der Waals surface area contributed by atoms with E-state index in [9.17, 15) is 4.79 Å². The van der Waals surface area contributed by atoms with Gasteiger partial charge in [0.25, 0.3) is 0 Å². The molecular formula is C12H16ClN3O2. The molecule has 0 spiro atoms. The molecule has 0 atom stereocenters. The number of ether oxygens (including phenoxy) is 1. The zero-order valence-corrected chi connectivity index (χ0v) is 10.8. The first kappa shape index (κ1) is 13.1. The van der Waals surface area contributed by atoms with Gasteiger partial charge in [0.2, 0.25) is 5.91 Å². The summed E-state index contributed by atoms with van der Waals surface area (Å²) in [4.78, 5) is 17.6. The van der Waals surface area contributed by atoms with Gasteiger partial charge in [-0.2, -0.15) is 0 Å². The maximum atomic E-state index is 11.0. The predicted molar refractivity (Wildman–Crippen MR) is 69.8 cm³/mol. The van der Waals surface area contributed by atoms with E-state index in [0.29, 0.717) is 6.54 Å². The van der Waals surface area contributed by atoms with Crippen LogP contribution in [0.1, 0.15) is 5.56 Å². The van der Waals surface area contributed by atoms with Crippen molar-refractivity contribution >= 4 is 23.3 Å². The Kier molecular flexibility index (Phi) is 4.78. The van der Waals surface area contributed by atoms with Gasteiger partial charge in [0.1, 0.15) is 11.7 Å². The highest BCUT2D eigenvalue weighted by molar-refractivity contribution is 6.27. The maximum absolute atomic E-state index is 11.0. The smallest absolute Gasteiger partial charge is 0.235 e. The van der Waals surface area contributed by atoms with Crippen molar-refractivity contribution in [3.8, 4) is 0 Å². The summed E-state index contributed by atoms with van der Waals surface area (Å²) in [6.45, 7) is 3.69. The molecule has 0 bridgehead atoms. The van der Waals surface area contributed by atoms with Gasteiger partial charge in [-0.1, -0.05) is 6.07 Å². The minimum atomic E-state index is -0.172. The van der Waals surface area contributed by atoms with E-state index in [0.717, 1.165) is 37.7 Å². The number of rotatable bonds is 4. The molecule has 18 heavy (non-hydrogen) atoms. The number of pyridine rings is 1. The molecule has 1 aromatic heterocycles. The number of aromatic nitrogens is 1. The zero-order valence-electron chi connectivity index (χ0n) is 10.1. The molecule has 1 aliphatic rings. The Hall–Kier alpha value is -1.33. The van der Waals surface area contributed by atoms with E-state index in [1.54, 1.807) is 6.20 Å². The van der Waals surface area contributed by atoms with Crippen LogP contribution < -0.4 is 10.2 Å². The first-order chi connectivity index (χ1) is 8.79. The molecule has 1 saturated heterocycles. The lowest BCUT2D eigenvalue weighted by atomic mass is 10.2. The summed E-state index contributed by atoms with van der Waals surface area (Å²) in [7, 11) is 0. The maximum Gasteiger partial charge on any atom is 0.235 e. The number of alkyl halides is 1. The van der Waals surface area contributed by atoms with Crippen LogP contribution in [0.3, 0.4) is 0 Å². The van der Waals surface area contributed by atoms with Crippen molar-refractivity contribution < 1.29 is 9.53 Å². The predicted octanol–water partition coefficient (Wildman–Crippen LogP) is 0.773. The van der Waals surface area contributed by atoms with Gasteiger partial charge < -0.3 is 15.0 Å². The lowest BCUT2D eigenvalue weighted by Gasteiger charge is -2.27. The first-order valence-corrected chi connectivity index (χ1v) is 6.43. The average molecular weight is 270 g/mol. The second-order valence-corrected chi connectivity index (χ2v) is 4.30. The average Bonchev–Trinajstić information content (AvgIpc) is 2.46. The van der Waals surface area contributed by atoms with Crippen LogP contribution >= 0.6 is 11.6 Å². The van der Waals surface area contributed by atoms with E-state index >= 15 is 0 Å². The Labute approximate surface area is 111 Å². The van der Waals surface area contributed by atoms with Crippen LogP contribution in [0.4, 0.5) is 5.82 Å². The van der Waals surface area contributed by atoms with Crippen LogP contribution in [0.5, 0.6) is 0 Å². The largest absolute Gasteiger partial charge is 0.378 e. The van der Waals surface area contributed by atoms with Crippen LogP contribution in [0, 0.1) is 0 Å². The number of carbonyl (C=O) groups excluding carboxylic acids is 1. The van der Waals surface area contributed by atoms with Crippen molar-refractivity contribution in [3.63, 3.8) is 0 Å². The third-order valence-electron chi connectivity index (χ3n) is 2.76. The van der Waals surface area contributed by atoms with Crippen LogP contribution in [-0.2, 0) is 16.1 Å². The van der Waals surface area contributed by atoms with E-state index in [1.807, 2.05) is 12.1 Å². The van der Waals surface area contributed by atoms with Crippen LogP contribution in [0.15, 0.2) is 18.3 Å². The Morgan fingerprint density at radius 2 is 2.22 bits per heavy atom. The monoisotopic (exact) mass is 269 g/mol. The fourth-order valence-electron chi connectivity index (χ4n) is 1.75. The summed E-state index contributed by atoms with van der Waals surface area (Å²) in [5.74, 6) is 0.763. The summed E-state index contributed by atoms with van der Waals surface area (Å²) < 4.78 is 5.29. The van der Waals surface area contributed by atoms with E-state index in [2.05, 4.69) is 15.2 Å². The molecule has 0 aliphatic carbocycles. The number of morpholine rings is 1. The number of hydrogen-bond acceptors (Lipinski definition) is 4. The van der Waals surface area contributed by atoms with Crippen LogP contribution in [0.2, 0.25) is 0 Å². The van der Waals surface area contributed by atoms with Gasteiger partial charge in [0.15, 0.2) is 0 Å². The van der Waals surface area contributed by atoms with Crippen LogP contribution in [0.25, 0.3) is 0 Å². The molecule has 0 unspecified atom stereocenters. The molecule has 2 rings (SSSR count). The summed E-state index contributed by atoms with van der Waals surface area (Å²) in [6, 6.07) is 3.93. The standard InChI is InChI=1S/C12H16ClN3O2/c13-7-12(17)15-9-10-1-2-11(14-8-10)16-3-5-18-6-4-16/h1-2,8H,3-7,9H2,(H,15,17). The number of hydrogen-bond donors (Lipinski definition) is 1. The highest BCUT2D eigenvalue weighted by Crippen LogP contribution is 2.12. The minimum absolute atomic E-state index is 0.0146. The lowest BCUT2D eigenvalue weighted by Crippen LogP contribution is -2.36. The topological polar surface area (TPSA) is 54.5 Å². The minimum Gasteiger partial charge on any atom is -0.378 e. The number of nitrogens with one attached hydrogen (secondary N) is 1. The van der Waals surface area contributed by atoms with Gasteiger partial charge >= 0.3 is 0 Å². The second-order valence-electron chi connectivity index (χ2n) is 4.03. The molecule has 6 heteroatoms.